The summed E-state index contributed by atoms with van der Waals surface area (Å²) in [5.74, 6) is -1.22. The van der Waals surface area contributed by atoms with Gasteiger partial charge >= 0.3 is 5.97 Å². The molecule has 0 fully saturated rings. The van der Waals surface area contributed by atoms with Gasteiger partial charge in [0.2, 0.25) is 0 Å². The normalized spacial score (nSPS) is 10.6. The highest BCUT2D eigenvalue weighted by molar-refractivity contribution is 6.05. The van der Waals surface area contributed by atoms with Gasteiger partial charge in [0.25, 0.3) is 0 Å². The molecule has 0 heterocycles. The molecular formula is C20H15FO3. The lowest BCUT2D eigenvalue weighted by molar-refractivity contribution is 0.0600. The second-order valence-electron chi connectivity index (χ2n) is 5.49. The highest BCUT2D eigenvalue weighted by atomic mass is 19.1. The van der Waals surface area contributed by atoms with E-state index in [1.807, 2.05) is 24.3 Å². The third-order valence-corrected chi connectivity index (χ3v) is 3.95. The van der Waals surface area contributed by atoms with Gasteiger partial charge in [0.15, 0.2) is 5.78 Å². The Morgan fingerprint density at radius 3 is 2.33 bits per heavy atom. The second kappa shape index (κ2) is 6.24. The number of rotatable bonds is 3. The van der Waals surface area contributed by atoms with Crippen LogP contribution in [0.5, 0.6) is 0 Å². The van der Waals surface area contributed by atoms with E-state index in [0.29, 0.717) is 16.7 Å². The highest BCUT2D eigenvalue weighted by Gasteiger charge is 2.15. The summed E-state index contributed by atoms with van der Waals surface area (Å²) < 4.78 is 19.2. The molecule has 0 aromatic heterocycles. The smallest absolute Gasteiger partial charge is 0.337 e. The van der Waals surface area contributed by atoms with Crippen molar-refractivity contribution < 1.29 is 18.7 Å². The third-order valence-electron chi connectivity index (χ3n) is 3.95. The lowest BCUT2D eigenvalue weighted by atomic mass is 9.93. The fraction of sp³-hybridized carbons (Fsp3) is 0.100. The topological polar surface area (TPSA) is 43.4 Å². The molecule has 0 aliphatic rings. The first-order valence-electron chi connectivity index (χ1n) is 7.43. The van der Waals surface area contributed by atoms with Crippen molar-refractivity contribution in [3.63, 3.8) is 0 Å². The average Bonchev–Trinajstić information content (AvgIpc) is 2.60. The molecule has 120 valence electrons. The predicted octanol–water partition coefficient (Wildman–Crippen LogP) is 4.64. The van der Waals surface area contributed by atoms with Crippen LogP contribution in [0.4, 0.5) is 4.39 Å². The maximum atomic E-state index is 14.6. The molecular weight excluding hydrogens is 307 g/mol. The van der Waals surface area contributed by atoms with Crippen molar-refractivity contribution in [3.05, 3.63) is 71.5 Å². The standard InChI is InChI=1S/C20H15FO3/c1-12(22)15-9-13-5-3-4-6-16(13)18(10-15)17-8-7-14(11-19(17)21)20(23)24-2/h3-11H,1-2H3. The molecule has 0 unspecified atom stereocenters. The average molecular weight is 322 g/mol. The Balaban J connectivity index is 2.25. The fourth-order valence-corrected chi connectivity index (χ4v) is 2.72. The molecule has 3 aromatic rings. The number of benzene rings is 3. The number of hydrogen-bond donors (Lipinski definition) is 0. The molecule has 0 bridgehead atoms. The molecule has 0 radical (unpaired) electrons. The van der Waals surface area contributed by atoms with E-state index in [2.05, 4.69) is 4.74 Å². The van der Waals surface area contributed by atoms with Crippen LogP contribution in [0.25, 0.3) is 21.9 Å². The van der Waals surface area contributed by atoms with Crippen molar-refractivity contribution in [2.45, 2.75) is 6.92 Å². The third kappa shape index (κ3) is 2.78. The molecule has 4 heteroatoms. The van der Waals surface area contributed by atoms with Gasteiger partial charge in [-0.25, -0.2) is 9.18 Å². The van der Waals surface area contributed by atoms with Gasteiger partial charge < -0.3 is 4.74 Å². The largest absolute Gasteiger partial charge is 0.465 e. The van der Waals surface area contributed by atoms with Crippen LogP contribution < -0.4 is 0 Å². The van der Waals surface area contributed by atoms with E-state index in [1.165, 1.54) is 26.2 Å². The van der Waals surface area contributed by atoms with Gasteiger partial charge in [-0.2, -0.15) is 0 Å². The van der Waals surface area contributed by atoms with Crippen LogP contribution >= 0.6 is 0 Å². The van der Waals surface area contributed by atoms with Gasteiger partial charge in [-0.15, -0.1) is 0 Å². The van der Waals surface area contributed by atoms with Crippen molar-refractivity contribution in [1.82, 2.24) is 0 Å². The summed E-state index contributed by atoms with van der Waals surface area (Å²) in [6, 6.07) is 15.2. The number of hydrogen-bond acceptors (Lipinski definition) is 3. The Morgan fingerprint density at radius 2 is 1.67 bits per heavy atom. The first-order chi connectivity index (χ1) is 11.5. The van der Waals surface area contributed by atoms with Crippen molar-refractivity contribution in [1.29, 1.82) is 0 Å². The van der Waals surface area contributed by atoms with Gasteiger partial charge in [0, 0.05) is 11.1 Å². The summed E-state index contributed by atoms with van der Waals surface area (Å²) in [7, 11) is 1.25. The highest BCUT2D eigenvalue weighted by Crippen LogP contribution is 2.32. The van der Waals surface area contributed by atoms with Crippen LogP contribution in [0.15, 0.2) is 54.6 Å². The van der Waals surface area contributed by atoms with E-state index < -0.39 is 11.8 Å². The van der Waals surface area contributed by atoms with Crippen LogP contribution in [-0.4, -0.2) is 18.9 Å². The number of carbonyl (C=O) groups excluding carboxylic acids is 2. The Morgan fingerprint density at radius 1 is 0.917 bits per heavy atom. The molecule has 0 N–H and O–H groups in total. The van der Waals surface area contributed by atoms with Crippen molar-refractivity contribution in [3.8, 4) is 11.1 Å². The predicted molar refractivity (Wildman–Crippen MR) is 90.7 cm³/mol. The molecule has 0 amide bonds. The Bertz CT molecular complexity index is 960. The van der Waals surface area contributed by atoms with Crippen LogP contribution in [0.2, 0.25) is 0 Å². The number of methoxy groups -OCH3 is 1. The SMILES string of the molecule is COC(=O)c1ccc(-c2cc(C(C)=O)cc3ccccc23)c(F)c1. The van der Waals surface area contributed by atoms with Crippen LogP contribution in [0.3, 0.4) is 0 Å². The van der Waals surface area contributed by atoms with Gasteiger partial charge in [-0.1, -0.05) is 30.3 Å². The molecule has 3 aromatic carbocycles. The summed E-state index contributed by atoms with van der Waals surface area (Å²) in [5.41, 5.74) is 1.61. The van der Waals surface area contributed by atoms with E-state index in [-0.39, 0.29) is 11.3 Å². The van der Waals surface area contributed by atoms with E-state index in [1.54, 1.807) is 12.1 Å². The molecule has 0 aliphatic carbocycles. The number of carbonyl (C=O) groups is 2. The van der Waals surface area contributed by atoms with E-state index in [4.69, 9.17) is 0 Å². The summed E-state index contributed by atoms with van der Waals surface area (Å²) in [6.07, 6.45) is 0. The summed E-state index contributed by atoms with van der Waals surface area (Å²) >= 11 is 0. The number of halogens is 1. The molecule has 0 spiro atoms. The van der Waals surface area contributed by atoms with E-state index in [0.717, 1.165) is 16.8 Å². The molecule has 3 rings (SSSR count). The minimum Gasteiger partial charge on any atom is -0.465 e. The van der Waals surface area contributed by atoms with Crippen LogP contribution in [0, 0.1) is 5.82 Å². The molecule has 0 atom stereocenters. The number of fused-ring (bicyclic) bond motifs is 1. The Hall–Kier alpha value is -3.01. The molecule has 0 saturated carbocycles. The zero-order chi connectivity index (χ0) is 17.3. The first-order valence-corrected chi connectivity index (χ1v) is 7.43. The summed E-state index contributed by atoms with van der Waals surface area (Å²) in [5, 5.41) is 1.70. The Kier molecular flexibility index (Phi) is 4.13. The molecule has 0 aliphatic heterocycles. The maximum Gasteiger partial charge on any atom is 0.337 e. The maximum absolute atomic E-state index is 14.6. The van der Waals surface area contributed by atoms with Gasteiger partial charge in [0.05, 0.1) is 12.7 Å². The second-order valence-corrected chi connectivity index (χ2v) is 5.49. The zero-order valence-electron chi connectivity index (χ0n) is 13.3. The van der Waals surface area contributed by atoms with Crippen molar-refractivity contribution in [2.24, 2.45) is 0 Å². The van der Waals surface area contributed by atoms with E-state index >= 15 is 0 Å². The van der Waals surface area contributed by atoms with Gasteiger partial charge in [0.1, 0.15) is 5.82 Å². The van der Waals surface area contributed by atoms with Crippen LogP contribution in [-0.2, 0) is 4.74 Å². The first kappa shape index (κ1) is 15.9. The summed E-state index contributed by atoms with van der Waals surface area (Å²) in [6.45, 7) is 1.48. The summed E-state index contributed by atoms with van der Waals surface area (Å²) in [4.78, 5) is 23.3. The van der Waals surface area contributed by atoms with Crippen molar-refractivity contribution >= 4 is 22.5 Å². The number of Topliss-reactive ketones (excluding diaryl/α,β-unsaturated/α-hetero) is 1. The van der Waals surface area contributed by atoms with Gasteiger partial charge in [-0.3, -0.25) is 4.79 Å². The van der Waals surface area contributed by atoms with Gasteiger partial charge in [-0.05, 0) is 47.5 Å². The quantitative estimate of drug-likeness (QED) is 0.521. The lowest BCUT2D eigenvalue weighted by Gasteiger charge is -2.11. The van der Waals surface area contributed by atoms with Crippen molar-refractivity contribution in [2.75, 3.05) is 7.11 Å². The lowest BCUT2D eigenvalue weighted by Crippen LogP contribution is -2.02. The number of ketones is 1. The molecule has 24 heavy (non-hydrogen) atoms. The number of esters is 1. The zero-order valence-corrected chi connectivity index (χ0v) is 13.3. The van der Waals surface area contributed by atoms with E-state index in [9.17, 15) is 14.0 Å². The monoisotopic (exact) mass is 322 g/mol. The van der Waals surface area contributed by atoms with Crippen LogP contribution in [0.1, 0.15) is 27.6 Å². The number of ether oxygens (including phenoxy) is 1. The molecule has 0 saturated heterocycles. The minimum atomic E-state index is -0.595. The Labute approximate surface area is 138 Å². The fourth-order valence-electron chi connectivity index (χ4n) is 2.72. The molecule has 3 nitrogen and oxygen atoms in total. The minimum absolute atomic E-state index is 0.0893.